The summed E-state index contributed by atoms with van der Waals surface area (Å²) in [6.45, 7) is 12.6. The highest BCUT2D eigenvalue weighted by molar-refractivity contribution is 5.43. The zero-order chi connectivity index (χ0) is 14.0. The van der Waals surface area contributed by atoms with Crippen LogP contribution in [0.3, 0.4) is 0 Å². The Balaban J connectivity index is 2.13. The Hall–Kier alpha value is -1.02. The fraction of sp³-hybridized carbons (Fsp3) is 0.647. The molecular formula is C17H27NO. The van der Waals surface area contributed by atoms with Crippen molar-refractivity contribution in [3.63, 3.8) is 0 Å². The topological polar surface area (TPSA) is 12.5 Å². The van der Waals surface area contributed by atoms with Gasteiger partial charge in [-0.05, 0) is 54.9 Å². The van der Waals surface area contributed by atoms with E-state index >= 15 is 0 Å². The molecule has 0 unspecified atom stereocenters. The molecule has 0 radical (unpaired) electrons. The lowest BCUT2D eigenvalue weighted by Crippen LogP contribution is -2.38. The standard InChI is InChI=1S/C17H27NO/c1-12-8-13(2)10-18(9-12)11-16-6-7-17(19-5)15(4)14(16)3/h6-7,12-13H,8-11H2,1-5H3/t12-,13+. The Labute approximate surface area is 117 Å². The molecule has 1 aromatic carbocycles. The molecule has 1 aliphatic heterocycles. The first-order valence-corrected chi connectivity index (χ1v) is 7.36. The third-order valence-corrected chi connectivity index (χ3v) is 4.41. The van der Waals surface area contributed by atoms with Gasteiger partial charge in [-0.3, -0.25) is 4.90 Å². The summed E-state index contributed by atoms with van der Waals surface area (Å²) in [7, 11) is 1.75. The highest BCUT2D eigenvalue weighted by Crippen LogP contribution is 2.27. The Morgan fingerprint density at radius 3 is 2.32 bits per heavy atom. The van der Waals surface area contributed by atoms with Gasteiger partial charge in [-0.15, -0.1) is 0 Å². The van der Waals surface area contributed by atoms with Gasteiger partial charge < -0.3 is 4.74 Å². The van der Waals surface area contributed by atoms with E-state index in [1.807, 2.05) is 0 Å². The van der Waals surface area contributed by atoms with Crippen molar-refractivity contribution < 1.29 is 4.74 Å². The Morgan fingerprint density at radius 2 is 1.74 bits per heavy atom. The van der Waals surface area contributed by atoms with Gasteiger partial charge in [0.15, 0.2) is 0 Å². The second-order valence-corrected chi connectivity index (χ2v) is 6.32. The monoisotopic (exact) mass is 261 g/mol. The Morgan fingerprint density at radius 1 is 1.11 bits per heavy atom. The van der Waals surface area contributed by atoms with Gasteiger partial charge in [0.05, 0.1) is 7.11 Å². The molecule has 0 aliphatic carbocycles. The fourth-order valence-corrected chi connectivity index (χ4v) is 3.41. The van der Waals surface area contributed by atoms with Gasteiger partial charge in [0, 0.05) is 19.6 Å². The highest BCUT2D eigenvalue weighted by atomic mass is 16.5. The molecule has 1 fully saturated rings. The summed E-state index contributed by atoms with van der Waals surface area (Å²) in [5.74, 6) is 2.65. The molecule has 1 aliphatic rings. The third-order valence-electron chi connectivity index (χ3n) is 4.41. The number of hydrogen-bond acceptors (Lipinski definition) is 2. The first-order chi connectivity index (χ1) is 9.01. The van der Waals surface area contributed by atoms with Crippen LogP contribution in [0.15, 0.2) is 12.1 Å². The van der Waals surface area contributed by atoms with Crippen LogP contribution in [0.2, 0.25) is 0 Å². The Kier molecular flexibility index (Phi) is 4.51. The van der Waals surface area contributed by atoms with Crippen LogP contribution in [0.1, 0.15) is 37.0 Å². The molecule has 0 aromatic heterocycles. The van der Waals surface area contributed by atoms with Crippen molar-refractivity contribution in [3.8, 4) is 5.75 Å². The molecule has 0 spiro atoms. The Bertz CT molecular complexity index is 431. The zero-order valence-corrected chi connectivity index (χ0v) is 13.0. The normalized spacial score (nSPS) is 24.5. The van der Waals surface area contributed by atoms with E-state index in [4.69, 9.17) is 4.74 Å². The lowest BCUT2D eigenvalue weighted by atomic mass is 9.91. The van der Waals surface area contributed by atoms with Crippen LogP contribution in [0.4, 0.5) is 0 Å². The number of nitrogens with zero attached hydrogens (tertiary/aromatic N) is 1. The molecule has 1 heterocycles. The number of methoxy groups -OCH3 is 1. The van der Waals surface area contributed by atoms with Crippen LogP contribution in [0.25, 0.3) is 0 Å². The molecule has 2 atom stereocenters. The predicted octanol–water partition coefficient (Wildman–Crippen LogP) is 3.79. The summed E-state index contributed by atoms with van der Waals surface area (Å²) in [6, 6.07) is 4.33. The van der Waals surface area contributed by atoms with Crippen LogP contribution in [-0.4, -0.2) is 25.1 Å². The molecule has 19 heavy (non-hydrogen) atoms. The average molecular weight is 261 g/mol. The number of hydrogen-bond donors (Lipinski definition) is 0. The van der Waals surface area contributed by atoms with Gasteiger partial charge in [0.1, 0.15) is 5.75 Å². The quantitative estimate of drug-likeness (QED) is 0.821. The molecule has 1 saturated heterocycles. The SMILES string of the molecule is COc1ccc(CN2C[C@H](C)C[C@H](C)C2)c(C)c1C. The van der Waals surface area contributed by atoms with E-state index in [0.29, 0.717) is 0 Å². The van der Waals surface area contributed by atoms with Crippen molar-refractivity contribution in [3.05, 3.63) is 28.8 Å². The molecule has 2 heteroatoms. The number of ether oxygens (including phenoxy) is 1. The third kappa shape index (κ3) is 3.30. The summed E-state index contributed by atoms with van der Waals surface area (Å²) in [6.07, 6.45) is 1.37. The van der Waals surface area contributed by atoms with Crippen molar-refractivity contribution >= 4 is 0 Å². The van der Waals surface area contributed by atoms with Crippen LogP contribution in [0, 0.1) is 25.7 Å². The van der Waals surface area contributed by atoms with Crippen LogP contribution in [-0.2, 0) is 6.54 Å². The maximum atomic E-state index is 5.39. The molecule has 0 amide bonds. The summed E-state index contributed by atoms with van der Waals surface area (Å²) >= 11 is 0. The molecule has 0 saturated carbocycles. The van der Waals surface area contributed by atoms with Gasteiger partial charge in [0.25, 0.3) is 0 Å². The second kappa shape index (κ2) is 5.96. The van der Waals surface area contributed by atoms with E-state index in [-0.39, 0.29) is 0 Å². The van der Waals surface area contributed by atoms with Gasteiger partial charge in [-0.2, -0.15) is 0 Å². The van der Waals surface area contributed by atoms with E-state index < -0.39 is 0 Å². The predicted molar refractivity (Wildman–Crippen MR) is 80.7 cm³/mol. The smallest absolute Gasteiger partial charge is 0.122 e. The highest BCUT2D eigenvalue weighted by Gasteiger charge is 2.22. The van der Waals surface area contributed by atoms with Gasteiger partial charge in [-0.25, -0.2) is 0 Å². The van der Waals surface area contributed by atoms with Crippen LogP contribution >= 0.6 is 0 Å². The van der Waals surface area contributed by atoms with Crippen molar-refractivity contribution in [1.82, 2.24) is 4.90 Å². The van der Waals surface area contributed by atoms with Gasteiger partial charge >= 0.3 is 0 Å². The van der Waals surface area contributed by atoms with Crippen molar-refractivity contribution in [1.29, 1.82) is 0 Å². The summed E-state index contributed by atoms with van der Waals surface area (Å²) < 4.78 is 5.39. The fourth-order valence-electron chi connectivity index (χ4n) is 3.41. The molecule has 0 bridgehead atoms. The van der Waals surface area contributed by atoms with E-state index in [0.717, 1.165) is 24.1 Å². The van der Waals surface area contributed by atoms with Gasteiger partial charge in [0.2, 0.25) is 0 Å². The number of rotatable bonds is 3. The first-order valence-electron chi connectivity index (χ1n) is 7.36. The van der Waals surface area contributed by atoms with Crippen molar-refractivity contribution in [2.24, 2.45) is 11.8 Å². The number of likely N-dealkylation sites (tertiary alicyclic amines) is 1. The van der Waals surface area contributed by atoms with E-state index in [2.05, 4.69) is 44.7 Å². The molecule has 106 valence electrons. The summed E-state index contributed by atoms with van der Waals surface area (Å²) in [5, 5.41) is 0. The summed E-state index contributed by atoms with van der Waals surface area (Å²) in [5.41, 5.74) is 4.10. The molecule has 2 rings (SSSR count). The van der Waals surface area contributed by atoms with E-state index in [1.54, 1.807) is 7.11 Å². The van der Waals surface area contributed by atoms with Crippen molar-refractivity contribution in [2.45, 2.75) is 40.7 Å². The minimum Gasteiger partial charge on any atom is -0.496 e. The minimum atomic E-state index is 0.823. The second-order valence-electron chi connectivity index (χ2n) is 6.32. The number of piperidine rings is 1. The minimum absolute atomic E-state index is 0.823. The number of benzene rings is 1. The lowest BCUT2D eigenvalue weighted by molar-refractivity contribution is 0.134. The maximum absolute atomic E-state index is 5.39. The van der Waals surface area contributed by atoms with Crippen LogP contribution < -0.4 is 4.74 Å². The zero-order valence-electron chi connectivity index (χ0n) is 13.0. The first kappa shape index (κ1) is 14.4. The average Bonchev–Trinajstić information content (AvgIpc) is 2.34. The van der Waals surface area contributed by atoms with Crippen molar-refractivity contribution in [2.75, 3.05) is 20.2 Å². The molecular weight excluding hydrogens is 234 g/mol. The van der Waals surface area contributed by atoms with E-state index in [1.165, 1.54) is 36.2 Å². The molecule has 0 N–H and O–H groups in total. The largest absolute Gasteiger partial charge is 0.496 e. The van der Waals surface area contributed by atoms with Gasteiger partial charge in [-0.1, -0.05) is 19.9 Å². The maximum Gasteiger partial charge on any atom is 0.122 e. The van der Waals surface area contributed by atoms with Crippen LogP contribution in [0.5, 0.6) is 5.75 Å². The summed E-state index contributed by atoms with van der Waals surface area (Å²) in [4.78, 5) is 2.60. The molecule has 2 nitrogen and oxygen atoms in total. The molecule has 1 aromatic rings. The lowest BCUT2D eigenvalue weighted by Gasteiger charge is -2.35. The van der Waals surface area contributed by atoms with E-state index in [9.17, 15) is 0 Å².